The van der Waals surface area contributed by atoms with E-state index in [9.17, 15) is 4.79 Å². The van der Waals surface area contributed by atoms with Gasteiger partial charge in [0.2, 0.25) is 5.91 Å². The Hall–Kier alpha value is -1.62. The van der Waals surface area contributed by atoms with Crippen LogP contribution in [0.25, 0.3) is 0 Å². The molecule has 1 aliphatic carbocycles. The van der Waals surface area contributed by atoms with E-state index in [-0.39, 0.29) is 17.9 Å². The fourth-order valence-corrected chi connectivity index (χ4v) is 3.71. The number of hydrogen-bond acceptors (Lipinski definition) is 4. The number of fused-ring (bicyclic) bond motifs is 1. The summed E-state index contributed by atoms with van der Waals surface area (Å²) in [6.45, 7) is 2.48. The fraction of sp³-hybridized carbons (Fsp3) is 0.625. The normalized spacial score (nSPS) is 27.7. The number of carbonyl (C=O) groups excluding carboxylic acids is 1. The second-order valence-corrected chi connectivity index (χ2v) is 6.14. The first kappa shape index (κ1) is 14.3. The lowest BCUT2D eigenvalue weighted by Crippen LogP contribution is -2.36. The molecular formula is C16H22N2O3. The Kier molecular flexibility index (Phi) is 4.10. The molecule has 1 aliphatic heterocycles. The van der Waals surface area contributed by atoms with Gasteiger partial charge >= 0.3 is 0 Å². The number of pyridine rings is 1. The molecule has 2 atom stereocenters. The van der Waals surface area contributed by atoms with Crippen LogP contribution >= 0.6 is 0 Å². The monoisotopic (exact) mass is 290 g/mol. The molecule has 1 saturated heterocycles. The van der Waals surface area contributed by atoms with E-state index in [1.807, 2.05) is 17.0 Å². The second kappa shape index (κ2) is 6.02. The highest BCUT2D eigenvalue weighted by Crippen LogP contribution is 2.48. The van der Waals surface area contributed by atoms with Crippen LogP contribution in [0, 0.1) is 11.3 Å². The van der Waals surface area contributed by atoms with Crippen molar-refractivity contribution in [2.45, 2.75) is 19.3 Å². The molecule has 2 aliphatic rings. The Morgan fingerprint density at radius 3 is 3.24 bits per heavy atom. The van der Waals surface area contributed by atoms with Crippen molar-refractivity contribution in [1.82, 2.24) is 9.88 Å². The molecule has 5 nitrogen and oxygen atoms in total. The molecule has 0 aromatic carbocycles. The molecule has 3 rings (SSSR count). The van der Waals surface area contributed by atoms with Gasteiger partial charge in [-0.05, 0) is 30.9 Å². The molecule has 2 fully saturated rings. The summed E-state index contributed by atoms with van der Waals surface area (Å²) < 4.78 is 10.9. The minimum Gasteiger partial charge on any atom is -0.491 e. The van der Waals surface area contributed by atoms with Gasteiger partial charge in [0.05, 0.1) is 12.8 Å². The van der Waals surface area contributed by atoms with Gasteiger partial charge < -0.3 is 14.4 Å². The Morgan fingerprint density at radius 2 is 2.48 bits per heavy atom. The van der Waals surface area contributed by atoms with Crippen LogP contribution < -0.4 is 4.74 Å². The predicted molar refractivity (Wildman–Crippen MR) is 78.0 cm³/mol. The maximum absolute atomic E-state index is 12.0. The van der Waals surface area contributed by atoms with Crippen molar-refractivity contribution < 1.29 is 14.3 Å². The van der Waals surface area contributed by atoms with E-state index in [1.54, 1.807) is 19.5 Å². The summed E-state index contributed by atoms with van der Waals surface area (Å²) in [4.78, 5) is 18.1. The topological polar surface area (TPSA) is 51.7 Å². The van der Waals surface area contributed by atoms with Gasteiger partial charge in [-0.25, -0.2) is 0 Å². The third-order valence-corrected chi connectivity index (χ3v) is 4.82. The summed E-state index contributed by atoms with van der Waals surface area (Å²) in [5.74, 6) is 1.45. The van der Waals surface area contributed by atoms with Crippen LogP contribution in [0.3, 0.4) is 0 Å². The number of aromatic nitrogens is 1. The maximum atomic E-state index is 12.0. The number of amides is 1. The smallest absolute Gasteiger partial charge is 0.248 e. The standard InChI is InChI=1S/C16H22N2O3/c1-20-10-15(19)18-9-13-4-2-6-16(13,11-18)12-21-14-5-3-7-17-8-14/h3,5,7-8,13H,2,4,6,9-12H2,1H3/t13-,16+/m0/s1. The van der Waals surface area contributed by atoms with Crippen LogP contribution in [0.2, 0.25) is 0 Å². The summed E-state index contributed by atoms with van der Waals surface area (Å²) in [5, 5.41) is 0. The number of likely N-dealkylation sites (tertiary alicyclic amines) is 1. The van der Waals surface area contributed by atoms with Crippen molar-refractivity contribution in [3.8, 4) is 5.75 Å². The Balaban J connectivity index is 1.65. The van der Waals surface area contributed by atoms with Gasteiger partial charge in [-0.1, -0.05) is 6.42 Å². The first-order valence-corrected chi connectivity index (χ1v) is 7.53. The van der Waals surface area contributed by atoms with Gasteiger partial charge in [0.1, 0.15) is 12.4 Å². The SMILES string of the molecule is COCC(=O)N1C[C@@H]2CCC[C@]2(COc2cccnc2)C1. The Bertz CT molecular complexity index is 494. The molecule has 1 aromatic rings. The molecular weight excluding hydrogens is 268 g/mol. The van der Waals surface area contributed by atoms with E-state index in [1.165, 1.54) is 12.8 Å². The van der Waals surface area contributed by atoms with Gasteiger partial charge in [-0.2, -0.15) is 0 Å². The highest BCUT2D eigenvalue weighted by molar-refractivity contribution is 5.77. The number of nitrogens with zero attached hydrogens (tertiary/aromatic N) is 2. The molecule has 2 heterocycles. The number of hydrogen-bond donors (Lipinski definition) is 0. The first-order chi connectivity index (χ1) is 10.2. The van der Waals surface area contributed by atoms with E-state index in [4.69, 9.17) is 9.47 Å². The van der Waals surface area contributed by atoms with Crippen molar-refractivity contribution in [3.63, 3.8) is 0 Å². The molecule has 1 aromatic heterocycles. The molecule has 0 unspecified atom stereocenters. The molecule has 0 bridgehead atoms. The molecule has 1 saturated carbocycles. The van der Waals surface area contributed by atoms with Crippen LogP contribution in [0.1, 0.15) is 19.3 Å². The Morgan fingerprint density at radius 1 is 1.57 bits per heavy atom. The lowest BCUT2D eigenvalue weighted by molar-refractivity contribution is -0.134. The second-order valence-electron chi connectivity index (χ2n) is 6.14. The van der Waals surface area contributed by atoms with E-state index in [0.29, 0.717) is 12.5 Å². The summed E-state index contributed by atoms with van der Waals surface area (Å²) in [6, 6.07) is 3.80. The number of carbonyl (C=O) groups is 1. The highest BCUT2D eigenvalue weighted by Gasteiger charge is 2.51. The molecule has 1 amide bonds. The molecule has 0 spiro atoms. The third-order valence-electron chi connectivity index (χ3n) is 4.82. The molecule has 0 radical (unpaired) electrons. The van der Waals surface area contributed by atoms with Crippen molar-refractivity contribution in [3.05, 3.63) is 24.5 Å². The van der Waals surface area contributed by atoms with Crippen LogP contribution in [-0.4, -0.2) is 49.2 Å². The summed E-state index contributed by atoms with van der Waals surface area (Å²) in [6.07, 6.45) is 7.03. The zero-order valence-electron chi connectivity index (χ0n) is 12.5. The molecule has 21 heavy (non-hydrogen) atoms. The van der Waals surface area contributed by atoms with Gasteiger partial charge in [0, 0.05) is 31.8 Å². The zero-order valence-corrected chi connectivity index (χ0v) is 12.5. The van der Waals surface area contributed by atoms with Gasteiger partial charge in [0.15, 0.2) is 0 Å². The maximum Gasteiger partial charge on any atom is 0.248 e. The van der Waals surface area contributed by atoms with E-state index < -0.39 is 0 Å². The van der Waals surface area contributed by atoms with Crippen molar-refractivity contribution in [2.75, 3.05) is 33.4 Å². The predicted octanol–water partition coefficient (Wildman–Crippen LogP) is 1.74. The van der Waals surface area contributed by atoms with Crippen LogP contribution in [0.4, 0.5) is 0 Å². The minimum atomic E-state index is 0.0904. The summed E-state index contributed by atoms with van der Waals surface area (Å²) in [5.41, 5.74) is 0.110. The van der Waals surface area contributed by atoms with Crippen molar-refractivity contribution >= 4 is 5.91 Å². The average molecular weight is 290 g/mol. The lowest BCUT2D eigenvalue weighted by Gasteiger charge is -2.28. The Labute approximate surface area is 125 Å². The van der Waals surface area contributed by atoms with Crippen LogP contribution in [0.15, 0.2) is 24.5 Å². The van der Waals surface area contributed by atoms with Gasteiger partial charge in [-0.15, -0.1) is 0 Å². The van der Waals surface area contributed by atoms with Crippen LogP contribution in [-0.2, 0) is 9.53 Å². The van der Waals surface area contributed by atoms with E-state index in [2.05, 4.69) is 4.98 Å². The zero-order chi connectivity index (χ0) is 14.7. The number of rotatable bonds is 5. The molecule has 114 valence electrons. The van der Waals surface area contributed by atoms with Gasteiger partial charge in [0.25, 0.3) is 0 Å². The summed E-state index contributed by atoms with van der Waals surface area (Å²) >= 11 is 0. The largest absolute Gasteiger partial charge is 0.491 e. The lowest BCUT2D eigenvalue weighted by atomic mass is 9.81. The highest BCUT2D eigenvalue weighted by atomic mass is 16.5. The molecule has 0 N–H and O–H groups in total. The van der Waals surface area contributed by atoms with Crippen LogP contribution in [0.5, 0.6) is 5.75 Å². The van der Waals surface area contributed by atoms with E-state index >= 15 is 0 Å². The van der Waals surface area contributed by atoms with Crippen molar-refractivity contribution in [1.29, 1.82) is 0 Å². The summed E-state index contributed by atoms with van der Waals surface area (Å²) in [7, 11) is 1.57. The van der Waals surface area contributed by atoms with E-state index in [0.717, 1.165) is 25.3 Å². The average Bonchev–Trinajstić information content (AvgIpc) is 3.03. The fourth-order valence-electron chi connectivity index (χ4n) is 3.71. The number of methoxy groups -OCH3 is 1. The quantitative estimate of drug-likeness (QED) is 0.829. The molecule has 5 heteroatoms. The first-order valence-electron chi connectivity index (χ1n) is 7.53. The third kappa shape index (κ3) is 2.88. The number of ether oxygens (including phenoxy) is 2. The van der Waals surface area contributed by atoms with Gasteiger partial charge in [-0.3, -0.25) is 9.78 Å². The van der Waals surface area contributed by atoms with Crippen molar-refractivity contribution in [2.24, 2.45) is 11.3 Å². The minimum absolute atomic E-state index is 0.0904.